The van der Waals surface area contributed by atoms with Crippen LogP contribution in [0.4, 0.5) is 0 Å². The van der Waals surface area contributed by atoms with Crippen LogP contribution in [-0.2, 0) is 9.53 Å². The fourth-order valence-electron chi connectivity index (χ4n) is 2.02. The van der Waals surface area contributed by atoms with Gasteiger partial charge in [0.1, 0.15) is 0 Å². The molecule has 1 rings (SSSR count). The van der Waals surface area contributed by atoms with Crippen molar-refractivity contribution >= 4 is 19.8 Å². The predicted molar refractivity (Wildman–Crippen MR) is 88.4 cm³/mol. The van der Waals surface area contributed by atoms with Crippen LogP contribution in [0.1, 0.15) is 36.0 Å². The molecule has 0 atom stereocenters. The number of carbonyl (C=O) groups is 2. The number of carbonyl (C=O) groups excluding carboxylic acids is 2. The molecule has 0 spiro atoms. The molecule has 3 nitrogen and oxygen atoms in total. The van der Waals surface area contributed by atoms with Gasteiger partial charge in [-0.2, -0.15) is 0 Å². The summed E-state index contributed by atoms with van der Waals surface area (Å²) >= 11 is 0. The van der Waals surface area contributed by atoms with Crippen LogP contribution in [0.5, 0.6) is 0 Å². The van der Waals surface area contributed by atoms with Crippen LogP contribution in [0.25, 0.3) is 0 Å². The van der Waals surface area contributed by atoms with E-state index in [1.807, 2.05) is 18.2 Å². The smallest absolute Gasteiger partial charge is 0.305 e. The van der Waals surface area contributed by atoms with Crippen molar-refractivity contribution < 1.29 is 14.3 Å². The van der Waals surface area contributed by atoms with Crippen LogP contribution in [0.15, 0.2) is 30.3 Å². The Balaban J connectivity index is 2.12. The molecule has 1 aromatic carbocycles. The number of hydrogen-bond acceptors (Lipinski definition) is 3. The quantitative estimate of drug-likeness (QED) is 0.295. The highest BCUT2D eigenvalue weighted by Crippen LogP contribution is 2.11. The normalized spacial score (nSPS) is 11.2. The zero-order valence-corrected chi connectivity index (χ0v) is 14.4. The molecule has 0 bridgehead atoms. The minimum Gasteiger partial charge on any atom is -0.466 e. The van der Waals surface area contributed by atoms with E-state index in [0.717, 1.165) is 6.42 Å². The highest BCUT2D eigenvalue weighted by atomic mass is 28.3. The Labute approximate surface area is 128 Å². The molecule has 0 heterocycles. The zero-order chi connectivity index (χ0) is 15.7. The third-order valence-electron chi connectivity index (χ3n) is 3.21. The maximum Gasteiger partial charge on any atom is 0.305 e. The van der Waals surface area contributed by atoms with Crippen molar-refractivity contribution in [1.29, 1.82) is 0 Å². The van der Waals surface area contributed by atoms with Gasteiger partial charge in [-0.25, -0.2) is 0 Å². The van der Waals surface area contributed by atoms with Crippen molar-refractivity contribution in [3.05, 3.63) is 35.9 Å². The lowest BCUT2D eigenvalue weighted by Gasteiger charge is -2.15. The number of Topliss-reactive ketones (excluding diaryl/α,β-unsaturated/α-hetero) is 1. The lowest BCUT2D eigenvalue weighted by atomic mass is 10.1. The van der Waals surface area contributed by atoms with E-state index in [-0.39, 0.29) is 11.8 Å². The van der Waals surface area contributed by atoms with E-state index in [1.54, 1.807) is 12.1 Å². The molecule has 1 aromatic rings. The second kappa shape index (κ2) is 8.77. The fraction of sp³-hybridized carbons (Fsp3) is 0.529. The number of ether oxygens (including phenoxy) is 1. The van der Waals surface area contributed by atoms with Crippen molar-refractivity contribution in [3.8, 4) is 0 Å². The summed E-state index contributed by atoms with van der Waals surface area (Å²) < 4.78 is 5.20. The zero-order valence-electron chi connectivity index (χ0n) is 13.4. The van der Waals surface area contributed by atoms with E-state index >= 15 is 0 Å². The number of ketones is 1. The Hall–Kier alpha value is -1.42. The van der Waals surface area contributed by atoms with Crippen LogP contribution >= 0.6 is 0 Å². The molecular formula is C17H26O3Si. The number of benzene rings is 1. The van der Waals surface area contributed by atoms with Gasteiger partial charge in [0, 0.05) is 26.5 Å². The largest absolute Gasteiger partial charge is 0.466 e. The molecule has 0 fully saturated rings. The second-order valence-corrected chi connectivity index (χ2v) is 12.1. The van der Waals surface area contributed by atoms with E-state index in [0.29, 0.717) is 31.4 Å². The molecule has 0 saturated heterocycles. The van der Waals surface area contributed by atoms with Crippen molar-refractivity contribution in [2.45, 2.75) is 51.4 Å². The first kappa shape index (κ1) is 17.6. The summed E-state index contributed by atoms with van der Waals surface area (Å²) in [5.41, 5.74) is 0.709. The molecule has 0 unspecified atom stereocenters. The molecule has 0 N–H and O–H groups in total. The second-order valence-electron chi connectivity index (χ2n) is 6.53. The third-order valence-corrected chi connectivity index (χ3v) is 5.07. The highest BCUT2D eigenvalue weighted by Gasteiger charge is 2.13. The molecule has 4 heteroatoms. The molecule has 0 amide bonds. The Bertz CT molecular complexity index is 449. The predicted octanol–water partition coefficient (Wildman–Crippen LogP) is 4.31. The molecule has 0 saturated carbocycles. The summed E-state index contributed by atoms with van der Waals surface area (Å²) in [7, 11) is -1.04. The van der Waals surface area contributed by atoms with Gasteiger partial charge in [0.15, 0.2) is 5.78 Å². The fourth-order valence-corrected chi connectivity index (χ4v) is 3.23. The average molecular weight is 306 g/mol. The van der Waals surface area contributed by atoms with E-state index in [2.05, 4.69) is 19.6 Å². The average Bonchev–Trinajstić information content (AvgIpc) is 2.43. The molecule has 21 heavy (non-hydrogen) atoms. The maximum absolute atomic E-state index is 11.8. The van der Waals surface area contributed by atoms with Gasteiger partial charge in [-0.15, -0.1) is 0 Å². The summed E-state index contributed by atoms with van der Waals surface area (Å²) in [6, 6.07) is 10.4. The SMILES string of the molecule is C[Si](C)(C)CCCOC(=O)CCCC(=O)c1ccccc1. The molecule has 0 aliphatic heterocycles. The van der Waals surface area contributed by atoms with Crippen molar-refractivity contribution in [3.63, 3.8) is 0 Å². The van der Waals surface area contributed by atoms with Crippen molar-refractivity contribution in [2.24, 2.45) is 0 Å². The van der Waals surface area contributed by atoms with E-state index < -0.39 is 8.07 Å². The van der Waals surface area contributed by atoms with E-state index in [1.165, 1.54) is 6.04 Å². The van der Waals surface area contributed by atoms with Gasteiger partial charge in [-0.3, -0.25) is 9.59 Å². The minimum absolute atomic E-state index is 0.0853. The van der Waals surface area contributed by atoms with Crippen LogP contribution in [-0.4, -0.2) is 26.4 Å². The standard InChI is InChI=1S/C17H26O3Si/c1-21(2,3)14-8-13-20-17(19)12-7-11-16(18)15-9-5-4-6-10-15/h4-6,9-10H,7-8,11-14H2,1-3H3. The van der Waals surface area contributed by atoms with E-state index in [4.69, 9.17) is 4.74 Å². The highest BCUT2D eigenvalue weighted by molar-refractivity contribution is 6.76. The topological polar surface area (TPSA) is 43.4 Å². The first-order valence-corrected chi connectivity index (χ1v) is 11.3. The summed E-state index contributed by atoms with van der Waals surface area (Å²) in [5.74, 6) is -0.103. The lowest BCUT2D eigenvalue weighted by Crippen LogP contribution is -2.20. The monoisotopic (exact) mass is 306 g/mol. The molecular weight excluding hydrogens is 280 g/mol. The summed E-state index contributed by atoms with van der Waals surface area (Å²) in [4.78, 5) is 23.4. The number of rotatable bonds is 9. The maximum atomic E-state index is 11.8. The lowest BCUT2D eigenvalue weighted by molar-refractivity contribution is -0.143. The Kier molecular flexibility index (Phi) is 7.36. The molecule has 0 aliphatic rings. The third kappa shape index (κ3) is 8.45. The number of esters is 1. The summed E-state index contributed by atoms with van der Waals surface area (Å²) in [5, 5.41) is 0. The Morgan fingerprint density at radius 2 is 1.67 bits per heavy atom. The van der Waals surface area contributed by atoms with Crippen molar-refractivity contribution in [1.82, 2.24) is 0 Å². The van der Waals surface area contributed by atoms with Crippen molar-refractivity contribution in [2.75, 3.05) is 6.61 Å². The molecule has 0 aromatic heterocycles. The van der Waals surface area contributed by atoms with Gasteiger partial charge in [-0.05, 0) is 12.8 Å². The molecule has 0 radical (unpaired) electrons. The van der Waals surface area contributed by atoms with Gasteiger partial charge >= 0.3 is 5.97 Å². The number of hydrogen-bond donors (Lipinski definition) is 0. The van der Waals surface area contributed by atoms with Crippen LogP contribution in [0.3, 0.4) is 0 Å². The van der Waals surface area contributed by atoms with Crippen LogP contribution in [0, 0.1) is 0 Å². The Morgan fingerprint density at radius 1 is 1.00 bits per heavy atom. The Morgan fingerprint density at radius 3 is 2.29 bits per heavy atom. The van der Waals surface area contributed by atoms with Gasteiger partial charge in [0.25, 0.3) is 0 Å². The minimum atomic E-state index is -1.04. The molecule has 116 valence electrons. The van der Waals surface area contributed by atoms with Crippen LogP contribution in [0.2, 0.25) is 25.7 Å². The van der Waals surface area contributed by atoms with Gasteiger partial charge in [-0.1, -0.05) is 56.0 Å². The van der Waals surface area contributed by atoms with Gasteiger partial charge in [0.2, 0.25) is 0 Å². The summed E-state index contributed by atoms with van der Waals surface area (Å²) in [6.45, 7) is 7.44. The summed E-state index contributed by atoms with van der Waals surface area (Å²) in [6.07, 6.45) is 2.23. The first-order valence-electron chi connectivity index (χ1n) is 7.62. The van der Waals surface area contributed by atoms with Gasteiger partial charge in [0.05, 0.1) is 6.61 Å². The first-order chi connectivity index (χ1) is 9.88. The molecule has 0 aliphatic carbocycles. The van der Waals surface area contributed by atoms with Gasteiger partial charge < -0.3 is 4.74 Å². The van der Waals surface area contributed by atoms with Crippen LogP contribution < -0.4 is 0 Å². The van der Waals surface area contributed by atoms with E-state index in [9.17, 15) is 9.59 Å².